The predicted molar refractivity (Wildman–Crippen MR) is 78.6 cm³/mol. The molecule has 0 radical (unpaired) electrons. The standard InChI is InChI=1S/C13H16ClN3OS/c1-8-7-19-13(16-8)6-11(17-15)10-5-9(14)3-4-12(10)18-2/h3-5,7,11,17H,6,15H2,1-2H3. The van der Waals surface area contributed by atoms with Gasteiger partial charge in [-0.2, -0.15) is 0 Å². The van der Waals surface area contributed by atoms with Gasteiger partial charge < -0.3 is 4.74 Å². The molecular formula is C13H16ClN3OS. The topological polar surface area (TPSA) is 60.2 Å². The summed E-state index contributed by atoms with van der Waals surface area (Å²) in [5.41, 5.74) is 4.76. The number of nitrogens with one attached hydrogen (secondary N) is 1. The molecule has 19 heavy (non-hydrogen) atoms. The number of aromatic nitrogens is 1. The third kappa shape index (κ3) is 3.45. The summed E-state index contributed by atoms with van der Waals surface area (Å²) in [5.74, 6) is 6.43. The molecule has 1 aromatic heterocycles. The molecule has 0 spiro atoms. The van der Waals surface area contributed by atoms with Gasteiger partial charge in [0.05, 0.1) is 18.2 Å². The summed E-state index contributed by atoms with van der Waals surface area (Å²) in [6.45, 7) is 1.98. The molecule has 0 saturated carbocycles. The van der Waals surface area contributed by atoms with Gasteiger partial charge in [-0.05, 0) is 25.1 Å². The Morgan fingerprint density at radius 1 is 1.53 bits per heavy atom. The number of hydrogen-bond acceptors (Lipinski definition) is 5. The van der Waals surface area contributed by atoms with Crippen LogP contribution in [0.4, 0.5) is 0 Å². The highest BCUT2D eigenvalue weighted by Crippen LogP contribution is 2.30. The maximum atomic E-state index is 6.04. The SMILES string of the molecule is COc1ccc(Cl)cc1C(Cc1nc(C)cs1)NN. The summed E-state index contributed by atoms with van der Waals surface area (Å²) >= 11 is 7.67. The summed E-state index contributed by atoms with van der Waals surface area (Å²) in [6.07, 6.45) is 0.700. The van der Waals surface area contributed by atoms with Crippen molar-refractivity contribution in [2.24, 2.45) is 5.84 Å². The molecule has 0 bridgehead atoms. The fourth-order valence-corrected chi connectivity index (χ4v) is 2.91. The van der Waals surface area contributed by atoms with Gasteiger partial charge in [-0.1, -0.05) is 11.6 Å². The lowest BCUT2D eigenvalue weighted by molar-refractivity contribution is 0.399. The van der Waals surface area contributed by atoms with Crippen molar-refractivity contribution < 1.29 is 4.74 Å². The number of benzene rings is 1. The third-order valence-corrected chi connectivity index (χ3v) is 4.04. The lowest BCUT2D eigenvalue weighted by Gasteiger charge is -2.18. The number of halogens is 1. The average molecular weight is 298 g/mol. The Balaban J connectivity index is 2.28. The van der Waals surface area contributed by atoms with Crippen molar-refractivity contribution in [3.05, 3.63) is 44.9 Å². The normalized spacial score (nSPS) is 12.4. The highest BCUT2D eigenvalue weighted by molar-refractivity contribution is 7.09. The molecule has 0 saturated heterocycles. The molecule has 102 valence electrons. The van der Waals surface area contributed by atoms with Gasteiger partial charge in [0.1, 0.15) is 5.75 Å². The van der Waals surface area contributed by atoms with Crippen LogP contribution in [0.1, 0.15) is 22.3 Å². The first-order valence-electron chi connectivity index (χ1n) is 5.84. The number of hydrogen-bond donors (Lipinski definition) is 2. The van der Waals surface area contributed by atoms with E-state index >= 15 is 0 Å². The molecule has 4 nitrogen and oxygen atoms in total. The molecule has 2 rings (SSSR count). The number of rotatable bonds is 5. The number of methoxy groups -OCH3 is 1. The van der Waals surface area contributed by atoms with Gasteiger partial charge >= 0.3 is 0 Å². The Kier molecular flexibility index (Phi) is 4.76. The minimum Gasteiger partial charge on any atom is -0.496 e. The van der Waals surface area contributed by atoms with E-state index in [1.165, 1.54) is 0 Å². The summed E-state index contributed by atoms with van der Waals surface area (Å²) in [4.78, 5) is 4.45. The summed E-state index contributed by atoms with van der Waals surface area (Å²) < 4.78 is 5.35. The summed E-state index contributed by atoms with van der Waals surface area (Å²) in [5, 5.41) is 3.71. The molecule has 6 heteroatoms. The number of aryl methyl sites for hydroxylation is 1. The molecule has 0 amide bonds. The van der Waals surface area contributed by atoms with Gasteiger partial charge in [0.15, 0.2) is 0 Å². The Labute approximate surface area is 121 Å². The second-order valence-electron chi connectivity index (χ2n) is 4.19. The predicted octanol–water partition coefficient (Wildman–Crippen LogP) is 2.86. The molecule has 3 N–H and O–H groups in total. The van der Waals surface area contributed by atoms with Crippen LogP contribution in [-0.4, -0.2) is 12.1 Å². The molecule has 0 aliphatic rings. The van der Waals surface area contributed by atoms with Crippen LogP contribution < -0.4 is 16.0 Å². The largest absolute Gasteiger partial charge is 0.496 e. The first kappa shape index (κ1) is 14.3. The van der Waals surface area contributed by atoms with Crippen molar-refractivity contribution in [3.63, 3.8) is 0 Å². The van der Waals surface area contributed by atoms with E-state index in [-0.39, 0.29) is 6.04 Å². The minimum atomic E-state index is -0.0841. The fourth-order valence-electron chi connectivity index (χ4n) is 1.91. The molecule has 2 aromatic rings. The van der Waals surface area contributed by atoms with Crippen LogP contribution in [-0.2, 0) is 6.42 Å². The summed E-state index contributed by atoms with van der Waals surface area (Å²) in [7, 11) is 1.63. The first-order valence-corrected chi connectivity index (χ1v) is 7.10. The number of nitrogens with zero attached hydrogens (tertiary/aromatic N) is 1. The van der Waals surface area contributed by atoms with E-state index in [2.05, 4.69) is 10.4 Å². The molecular weight excluding hydrogens is 282 g/mol. The molecule has 0 aliphatic carbocycles. The smallest absolute Gasteiger partial charge is 0.123 e. The zero-order valence-electron chi connectivity index (χ0n) is 10.8. The van der Waals surface area contributed by atoms with E-state index in [1.807, 2.05) is 24.4 Å². The van der Waals surface area contributed by atoms with E-state index in [0.29, 0.717) is 11.4 Å². The van der Waals surface area contributed by atoms with Gasteiger partial charge in [-0.15, -0.1) is 11.3 Å². The van der Waals surface area contributed by atoms with Crippen LogP contribution >= 0.6 is 22.9 Å². The van der Waals surface area contributed by atoms with Crippen LogP contribution in [0, 0.1) is 6.92 Å². The van der Waals surface area contributed by atoms with E-state index in [1.54, 1.807) is 24.5 Å². The van der Waals surface area contributed by atoms with Crippen molar-refractivity contribution >= 4 is 22.9 Å². The molecule has 1 aromatic carbocycles. The first-order chi connectivity index (χ1) is 9.13. The Morgan fingerprint density at radius 2 is 2.32 bits per heavy atom. The van der Waals surface area contributed by atoms with Crippen LogP contribution in [0.25, 0.3) is 0 Å². The Bertz CT molecular complexity index is 559. The number of hydrazine groups is 1. The van der Waals surface area contributed by atoms with Crippen molar-refractivity contribution in [3.8, 4) is 5.75 Å². The second-order valence-corrected chi connectivity index (χ2v) is 5.57. The lowest BCUT2D eigenvalue weighted by atomic mass is 10.0. The highest BCUT2D eigenvalue weighted by atomic mass is 35.5. The maximum absolute atomic E-state index is 6.04. The molecule has 1 heterocycles. The van der Waals surface area contributed by atoms with Gasteiger partial charge in [-0.25, -0.2) is 4.98 Å². The van der Waals surface area contributed by atoms with Gasteiger partial charge in [-0.3, -0.25) is 11.3 Å². The van der Waals surface area contributed by atoms with Crippen molar-refractivity contribution in [1.29, 1.82) is 0 Å². The summed E-state index contributed by atoms with van der Waals surface area (Å²) in [6, 6.07) is 5.42. The lowest BCUT2D eigenvalue weighted by Crippen LogP contribution is -2.29. The zero-order chi connectivity index (χ0) is 13.8. The highest BCUT2D eigenvalue weighted by Gasteiger charge is 2.17. The molecule has 0 fully saturated rings. The van der Waals surface area contributed by atoms with Crippen molar-refractivity contribution in [2.45, 2.75) is 19.4 Å². The number of thiazole rings is 1. The maximum Gasteiger partial charge on any atom is 0.123 e. The Hall–Kier alpha value is -1.14. The van der Waals surface area contributed by atoms with Crippen molar-refractivity contribution in [1.82, 2.24) is 10.4 Å². The quantitative estimate of drug-likeness (QED) is 0.658. The van der Waals surface area contributed by atoms with E-state index in [0.717, 1.165) is 22.0 Å². The number of ether oxygens (including phenoxy) is 1. The molecule has 1 atom stereocenters. The van der Waals surface area contributed by atoms with Crippen LogP contribution in [0.5, 0.6) is 5.75 Å². The minimum absolute atomic E-state index is 0.0841. The van der Waals surface area contributed by atoms with Crippen LogP contribution in [0.2, 0.25) is 5.02 Å². The van der Waals surface area contributed by atoms with E-state index < -0.39 is 0 Å². The number of nitrogens with two attached hydrogens (primary N) is 1. The van der Waals surface area contributed by atoms with Gasteiger partial charge in [0.25, 0.3) is 0 Å². The monoisotopic (exact) mass is 297 g/mol. The van der Waals surface area contributed by atoms with Crippen LogP contribution in [0.15, 0.2) is 23.6 Å². The van der Waals surface area contributed by atoms with Crippen LogP contribution in [0.3, 0.4) is 0 Å². The molecule has 0 aliphatic heterocycles. The average Bonchev–Trinajstić information content (AvgIpc) is 2.81. The van der Waals surface area contributed by atoms with Crippen molar-refractivity contribution in [2.75, 3.05) is 7.11 Å². The zero-order valence-corrected chi connectivity index (χ0v) is 12.4. The van der Waals surface area contributed by atoms with E-state index in [4.69, 9.17) is 22.2 Å². The van der Waals surface area contributed by atoms with E-state index in [9.17, 15) is 0 Å². The Morgan fingerprint density at radius 3 is 2.89 bits per heavy atom. The second kappa shape index (κ2) is 6.34. The fraction of sp³-hybridized carbons (Fsp3) is 0.308. The van der Waals surface area contributed by atoms with Gasteiger partial charge in [0, 0.05) is 28.1 Å². The molecule has 1 unspecified atom stereocenters. The third-order valence-electron chi connectivity index (χ3n) is 2.81. The van der Waals surface area contributed by atoms with Gasteiger partial charge in [0.2, 0.25) is 0 Å².